The van der Waals surface area contributed by atoms with E-state index in [1.807, 2.05) is 18.2 Å². The first kappa shape index (κ1) is 20.7. The maximum Gasteiger partial charge on any atom is 0.419 e. The topological polar surface area (TPSA) is 127 Å². The van der Waals surface area contributed by atoms with Gasteiger partial charge < -0.3 is 14.6 Å². The first-order valence-electron chi connectivity index (χ1n) is 8.88. The van der Waals surface area contributed by atoms with E-state index in [1.54, 1.807) is 31.5 Å². The van der Waals surface area contributed by atoms with Crippen LogP contribution in [0.4, 0.5) is 10.5 Å². The summed E-state index contributed by atoms with van der Waals surface area (Å²) in [6, 6.07) is 10.4. The summed E-state index contributed by atoms with van der Waals surface area (Å²) in [5, 5.41) is 8.55. The Hall–Kier alpha value is -3.01. The summed E-state index contributed by atoms with van der Waals surface area (Å²) in [4.78, 5) is 14.6. The molecule has 0 radical (unpaired) electrons. The Balaban J connectivity index is 1.62. The minimum Gasteiger partial charge on any atom is -0.492 e. The van der Waals surface area contributed by atoms with Gasteiger partial charge in [0.05, 0.1) is 25.6 Å². The number of benzene rings is 1. The zero-order valence-electron chi connectivity index (χ0n) is 16.2. The lowest BCUT2D eigenvalue weighted by Gasteiger charge is -2.09. The molecule has 3 N–H and O–H groups in total. The number of aromatic nitrogens is 1. The van der Waals surface area contributed by atoms with Gasteiger partial charge in [-0.05, 0) is 35.1 Å². The molecule has 0 saturated heterocycles. The van der Waals surface area contributed by atoms with Crippen LogP contribution in [0.3, 0.4) is 0 Å². The molecule has 1 fully saturated rings. The van der Waals surface area contributed by atoms with Gasteiger partial charge in [-0.25, -0.2) is 14.5 Å². The summed E-state index contributed by atoms with van der Waals surface area (Å²) in [6.45, 7) is 4.85. The van der Waals surface area contributed by atoms with Crippen molar-refractivity contribution in [2.45, 2.75) is 19.8 Å². The van der Waals surface area contributed by atoms with Crippen LogP contribution in [-0.4, -0.2) is 38.3 Å². The monoisotopic (exact) mass is 421 g/mol. The normalized spacial score (nSPS) is 19.8. The van der Waals surface area contributed by atoms with E-state index in [-0.39, 0.29) is 17.0 Å². The molecule has 2 aromatic rings. The molecular formula is C19H23N3O6S. The first-order chi connectivity index (χ1) is 13.6. The van der Waals surface area contributed by atoms with E-state index in [0.717, 1.165) is 5.56 Å². The van der Waals surface area contributed by atoms with Crippen molar-refractivity contribution in [3.05, 3.63) is 48.2 Å². The smallest absolute Gasteiger partial charge is 0.419 e. The van der Waals surface area contributed by atoms with Crippen LogP contribution in [0.25, 0.3) is 0 Å². The summed E-state index contributed by atoms with van der Waals surface area (Å²) in [7, 11) is -2.61. The molecule has 1 aromatic heterocycles. The maximum atomic E-state index is 11.6. The standard InChI is InChI=1S/C19H23N3O6S/c1-19(2)15(11-28-14-8-9-16(27-3)20-10-14)17(19)12-4-6-13(7-5-12)21-29(25,26)22-18(23)24/h4-10,15,17,21-22H,11H2,1-3H3,(H,23,24)/t15-,17-/m0/s1. The van der Waals surface area contributed by atoms with Gasteiger partial charge in [0.25, 0.3) is 0 Å². The molecule has 0 spiro atoms. The first-order valence-corrected chi connectivity index (χ1v) is 10.4. The highest BCUT2D eigenvalue weighted by molar-refractivity contribution is 7.91. The van der Waals surface area contributed by atoms with Crippen molar-refractivity contribution in [2.24, 2.45) is 11.3 Å². The lowest BCUT2D eigenvalue weighted by atomic mass is 10.0. The highest BCUT2D eigenvalue weighted by atomic mass is 32.2. The van der Waals surface area contributed by atoms with Gasteiger partial charge in [-0.15, -0.1) is 0 Å². The minimum absolute atomic E-state index is 0.0335. The number of anilines is 1. The van der Waals surface area contributed by atoms with E-state index in [4.69, 9.17) is 14.6 Å². The number of hydrogen-bond donors (Lipinski definition) is 3. The Morgan fingerprint density at radius 3 is 2.45 bits per heavy atom. The fraction of sp³-hybridized carbons (Fsp3) is 0.368. The molecular weight excluding hydrogens is 398 g/mol. The van der Waals surface area contributed by atoms with E-state index < -0.39 is 16.3 Å². The minimum atomic E-state index is -4.16. The summed E-state index contributed by atoms with van der Waals surface area (Å²) in [6.07, 6.45) is -0.0290. The SMILES string of the molecule is COc1ccc(OC[C@H]2[C@H](c3ccc(NS(=O)(=O)NC(=O)O)cc3)C2(C)C)cn1. The lowest BCUT2D eigenvalue weighted by molar-refractivity contribution is 0.201. The van der Waals surface area contributed by atoms with Crippen LogP contribution >= 0.6 is 0 Å². The molecule has 3 rings (SSSR count). The number of nitrogens with zero attached hydrogens (tertiary/aromatic N) is 1. The maximum absolute atomic E-state index is 11.6. The van der Waals surface area contributed by atoms with Gasteiger partial charge in [0.1, 0.15) is 5.75 Å². The Bertz CT molecular complexity index is 974. The van der Waals surface area contributed by atoms with Crippen molar-refractivity contribution >= 4 is 22.0 Å². The number of pyridine rings is 1. The molecule has 1 aromatic carbocycles. The van der Waals surface area contributed by atoms with Gasteiger partial charge in [-0.1, -0.05) is 26.0 Å². The van der Waals surface area contributed by atoms with Gasteiger partial charge in [-0.3, -0.25) is 4.72 Å². The van der Waals surface area contributed by atoms with E-state index >= 15 is 0 Å². The number of ether oxygens (including phenoxy) is 2. The fourth-order valence-electron chi connectivity index (χ4n) is 3.53. The highest BCUT2D eigenvalue weighted by Crippen LogP contribution is 2.64. The Labute approximate surface area is 169 Å². The summed E-state index contributed by atoms with van der Waals surface area (Å²) in [5.41, 5.74) is 1.37. The van der Waals surface area contributed by atoms with E-state index in [9.17, 15) is 13.2 Å². The van der Waals surface area contributed by atoms with Crippen molar-refractivity contribution in [3.8, 4) is 11.6 Å². The van der Waals surface area contributed by atoms with Crippen molar-refractivity contribution in [3.63, 3.8) is 0 Å². The van der Waals surface area contributed by atoms with Crippen molar-refractivity contribution in [1.82, 2.24) is 9.71 Å². The Morgan fingerprint density at radius 1 is 1.21 bits per heavy atom. The number of amides is 1. The molecule has 1 aliphatic carbocycles. The Kier molecular flexibility index (Phi) is 5.56. The van der Waals surface area contributed by atoms with Gasteiger partial charge in [0.15, 0.2) is 0 Å². The van der Waals surface area contributed by atoms with Crippen LogP contribution in [-0.2, 0) is 10.2 Å². The number of methoxy groups -OCH3 is 1. The molecule has 1 saturated carbocycles. The zero-order chi connectivity index (χ0) is 21.2. The van der Waals surface area contributed by atoms with Crippen molar-refractivity contribution in [1.29, 1.82) is 0 Å². The number of hydrogen-bond acceptors (Lipinski definition) is 6. The Morgan fingerprint density at radius 2 is 1.90 bits per heavy atom. The largest absolute Gasteiger partial charge is 0.492 e. The summed E-state index contributed by atoms with van der Waals surface area (Å²) in [5.74, 6) is 1.75. The molecule has 29 heavy (non-hydrogen) atoms. The number of carbonyl (C=O) groups is 1. The van der Waals surface area contributed by atoms with Crippen LogP contribution < -0.4 is 18.9 Å². The third-order valence-corrected chi connectivity index (χ3v) is 6.09. The quantitative estimate of drug-likeness (QED) is 0.598. The van der Waals surface area contributed by atoms with Gasteiger partial charge in [0.2, 0.25) is 5.88 Å². The molecule has 0 bridgehead atoms. The molecule has 1 amide bonds. The predicted octanol–water partition coefficient (Wildman–Crippen LogP) is 2.83. The summed E-state index contributed by atoms with van der Waals surface area (Å²) >= 11 is 0. The van der Waals surface area contributed by atoms with Crippen LogP contribution in [0.1, 0.15) is 25.3 Å². The fourth-order valence-corrected chi connectivity index (χ4v) is 4.26. The molecule has 10 heteroatoms. The van der Waals surface area contributed by atoms with Crippen molar-refractivity contribution in [2.75, 3.05) is 18.4 Å². The van der Waals surface area contributed by atoms with E-state index in [2.05, 4.69) is 23.6 Å². The second kappa shape index (κ2) is 7.78. The highest BCUT2D eigenvalue weighted by Gasteiger charge is 2.58. The molecule has 0 unspecified atom stereocenters. The average molecular weight is 421 g/mol. The zero-order valence-corrected chi connectivity index (χ0v) is 17.1. The van der Waals surface area contributed by atoms with Crippen LogP contribution in [0, 0.1) is 11.3 Å². The van der Waals surface area contributed by atoms with Gasteiger partial charge in [0, 0.05) is 12.0 Å². The molecule has 1 heterocycles. The lowest BCUT2D eigenvalue weighted by Crippen LogP contribution is -2.34. The summed E-state index contributed by atoms with van der Waals surface area (Å²) < 4.78 is 37.7. The molecule has 1 aliphatic rings. The second-order valence-electron chi connectivity index (χ2n) is 7.39. The molecule has 9 nitrogen and oxygen atoms in total. The molecule has 0 aliphatic heterocycles. The van der Waals surface area contributed by atoms with E-state index in [0.29, 0.717) is 24.2 Å². The van der Waals surface area contributed by atoms with Crippen molar-refractivity contribution < 1.29 is 27.8 Å². The third-order valence-electron chi connectivity index (χ3n) is 5.14. The second-order valence-corrected chi connectivity index (χ2v) is 8.80. The average Bonchev–Trinajstić information content (AvgIpc) is 3.20. The molecule has 2 atom stereocenters. The van der Waals surface area contributed by atoms with E-state index in [1.165, 1.54) is 4.72 Å². The third kappa shape index (κ3) is 4.89. The van der Waals surface area contributed by atoms with Gasteiger partial charge >= 0.3 is 16.3 Å². The predicted molar refractivity (Wildman–Crippen MR) is 106 cm³/mol. The number of nitrogens with one attached hydrogen (secondary N) is 2. The number of carboxylic acid groups (broad SMARTS) is 1. The molecule has 156 valence electrons. The van der Waals surface area contributed by atoms with Crippen LogP contribution in [0.15, 0.2) is 42.6 Å². The van der Waals surface area contributed by atoms with Crippen LogP contribution in [0.2, 0.25) is 0 Å². The number of rotatable bonds is 8. The van der Waals surface area contributed by atoms with Gasteiger partial charge in [-0.2, -0.15) is 8.42 Å². The van der Waals surface area contributed by atoms with Crippen LogP contribution in [0.5, 0.6) is 11.6 Å².